The molecule has 80 valence electrons. The minimum Gasteiger partial charge on any atom is -0.353 e. The summed E-state index contributed by atoms with van der Waals surface area (Å²) >= 11 is 0. The molecule has 1 saturated carbocycles. The summed E-state index contributed by atoms with van der Waals surface area (Å²) in [5.41, 5.74) is 0. The molecule has 3 heteroatoms. The van der Waals surface area contributed by atoms with Crippen LogP contribution in [0.2, 0.25) is 0 Å². The van der Waals surface area contributed by atoms with Crippen LogP contribution < -0.4 is 10.6 Å². The van der Waals surface area contributed by atoms with Crippen molar-refractivity contribution in [1.82, 2.24) is 10.6 Å². The summed E-state index contributed by atoms with van der Waals surface area (Å²) in [5, 5.41) is 6.49. The van der Waals surface area contributed by atoms with Crippen molar-refractivity contribution in [2.75, 3.05) is 6.54 Å². The van der Waals surface area contributed by atoms with Gasteiger partial charge >= 0.3 is 0 Å². The van der Waals surface area contributed by atoms with Gasteiger partial charge in [-0.2, -0.15) is 0 Å². The number of carbonyl (C=O) groups excluding carboxylic acids is 1. The summed E-state index contributed by atoms with van der Waals surface area (Å²) in [7, 11) is 0. The van der Waals surface area contributed by atoms with Gasteiger partial charge in [-0.05, 0) is 38.6 Å². The quantitative estimate of drug-likeness (QED) is 0.709. The van der Waals surface area contributed by atoms with E-state index < -0.39 is 0 Å². The van der Waals surface area contributed by atoms with Crippen molar-refractivity contribution in [2.45, 2.75) is 57.0 Å². The molecule has 1 aliphatic heterocycles. The Hall–Kier alpha value is -0.570. The molecule has 0 aromatic rings. The highest BCUT2D eigenvalue weighted by molar-refractivity contribution is 5.76. The maximum Gasteiger partial charge on any atom is 0.220 e. The van der Waals surface area contributed by atoms with E-state index in [2.05, 4.69) is 10.6 Å². The fourth-order valence-electron chi connectivity index (χ4n) is 2.00. The van der Waals surface area contributed by atoms with Gasteiger partial charge in [0.15, 0.2) is 0 Å². The van der Waals surface area contributed by atoms with Crippen LogP contribution in [-0.4, -0.2) is 24.5 Å². The zero-order chi connectivity index (χ0) is 9.80. The average Bonchev–Trinajstić information content (AvgIpc) is 3.00. The van der Waals surface area contributed by atoms with Gasteiger partial charge in [-0.15, -0.1) is 0 Å². The predicted octanol–water partition coefficient (Wildman–Crippen LogP) is 1.19. The molecule has 2 aliphatic rings. The number of hydrogen-bond donors (Lipinski definition) is 2. The third kappa shape index (κ3) is 3.29. The van der Waals surface area contributed by atoms with Gasteiger partial charge in [0.2, 0.25) is 5.91 Å². The number of piperidine rings is 1. The molecule has 14 heavy (non-hydrogen) atoms. The first kappa shape index (κ1) is 9.97. The van der Waals surface area contributed by atoms with Crippen molar-refractivity contribution in [3.63, 3.8) is 0 Å². The Morgan fingerprint density at radius 3 is 2.79 bits per heavy atom. The van der Waals surface area contributed by atoms with Crippen molar-refractivity contribution in [3.8, 4) is 0 Å². The van der Waals surface area contributed by atoms with Gasteiger partial charge in [0.05, 0.1) is 0 Å². The van der Waals surface area contributed by atoms with Crippen LogP contribution in [0.5, 0.6) is 0 Å². The van der Waals surface area contributed by atoms with Crippen LogP contribution in [0, 0.1) is 0 Å². The smallest absolute Gasteiger partial charge is 0.220 e. The minimum absolute atomic E-state index is 0.250. The van der Waals surface area contributed by atoms with Gasteiger partial charge in [0.25, 0.3) is 0 Å². The lowest BCUT2D eigenvalue weighted by Gasteiger charge is -2.22. The maximum atomic E-state index is 11.4. The molecule has 1 heterocycles. The molecule has 1 atom stereocenters. The second kappa shape index (κ2) is 4.78. The summed E-state index contributed by atoms with van der Waals surface area (Å²) in [6, 6.07) is 1.11. The van der Waals surface area contributed by atoms with Crippen LogP contribution in [0.1, 0.15) is 44.9 Å². The van der Waals surface area contributed by atoms with Crippen LogP contribution in [0.25, 0.3) is 0 Å². The molecule has 0 bridgehead atoms. The molecule has 1 aliphatic carbocycles. The number of carbonyl (C=O) groups is 1. The van der Waals surface area contributed by atoms with Crippen LogP contribution >= 0.6 is 0 Å². The monoisotopic (exact) mass is 196 g/mol. The van der Waals surface area contributed by atoms with E-state index in [1.807, 2.05) is 0 Å². The molecule has 0 radical (unpaired) electrons. The maximum absolute atomic E-state index is 11.4. The highest BCUT2D eigenvalue weighted by Gasteiger charge is 2.23. The van der Waals surface area contributed by atoms with E-state index in [-0.39, 0.29) is 5.91 Å². The first-order chi connectivity index (χ1) is 6.84. The third-order valence-electron chi connectivity index (χ3n) is 3.07. The molecular formula is C11H20N2O. The molecule has 0 aromatic heterocycles. The molecule has 3 nitrogen and oxygen atoms in total. The fourth-order valence-corrected chi connectivity index (χ4v) is 2.00. The molecule has 0 spiro atoms. The number of amides is 1. The molecule has 0 aromatic carbocycles. The SMILES string of the molecule is O=C(CCC1CCCCN1)NC1CC1. The molecule has 1 unspecified atom stereocenters. The summed E-state index contributed by atoms with van der Waals surface area (Å²) in [6.45, 7) is 1.13. The van der Waals surface area contributed by atoms with Crippen molar-refractivity contribution >= 4 is 5.91 Å². The van der Waals surface area contributed by atoms with E-state index in [1.165, 1.54) is 32.1 Å². The van der Waals surface area contributed by atoms with Gasteiger partial charge in [-0.25, -0.2) is 0 Å². The second-order valence-corrected chi connectivity index (χ2v) is 4.53. The predicted molar refractivity (Wildman–Crippen MR) is 56.0 cm³/mol. The van der Waals surface area contributed by atoms with E-state index in [4.69, 9.17) is 0 Å². The van der Waals surface area contributed by atoms with E-state index in [0.717, 1.165) is 13.0 Å². The lowest BCUT2D eigenvalue weighted by Crippen LogP contribution is -2.35. The van der Waals surface area contributed by atoms with E-state index >= 15 is 0 Å². The number of rotatable bonds is 4. The Balaban J connectivity index is 1.57. The molecule has 2 fully saturated rings. The lowest BCUT2D eigenvalue weighted by atomic mass is 10.0. The molecule has 1 saturated heterocycles. The highest BCUT2D eigenvalue weighted by Crippen LogP contribution is 2.19. The second-order valence-electron chi connectivity index (χ2n) is 4.53. The zero-order valence-corrected chi connectivity index (χ0v) is 8.72. The van der Waals surface area contributed by atoms with Crippen LogP contribution in [0.3, 0.4) is 0 Å². The minimum atomic E-state index is 0.250. The number of nitrogens with one attached hydrogen (secondary N) is 2. The topological polar surface area (TPSA) is 41.1 Å². The highest BCUT2D eigenvalue weighted by atomic mass is 16.1. The van der Waals surface area contributed by atoms with E-state index in [0.29, 0.717) is 18.5 Å². The molecule has 2 rings (SSSR count). The van der Waals surface area contributed by atoms with Crippen molar-refractivity contribution < 1.29 is 4.79 Å². The Bertz CT molecular complexity index is 195. The summed E-state index contributed by atoms with van der Waals surface area (Å²) in [6.07, 6.45) is 7.96. The first-order valence-electron chi connectivity index (χ1n) is 5.87. The average molecular weight is 196 g/mol. The summed E-state index contributed by atoms with van der Waals surface area (Å²) < 4.78 is 0. The van der Waals surface area contributed by atoms with E-state index in [1.54, 1.807) is 0 Å². The molecule has 2 N–H and O–H groups in total. The van der Waals surface area contributed by atoms with Crippen molar-refractivity contribution in [1.29, 1.82) is 0 Å². The standard InChI is InChI=1S/C11H20N2O/c14-11(13-10-4-5-10)7-6-9-3-1-2-8-12-9/h9-10,12H,1-8H2,(H,13,14). The van der Waals surface area contributed by atoms with Gasteiger partial charge in [-0.1, -0.05) is 6.42 Å². The summed E-state index contributed by atoms with van der Waals surface area (Å²) in [4.78, 5) is 11.4. The van der Waals surface area contributed by atoms with Crippen LogP contribution in [-0.2, 0) is 4.79 Å². The first-order valence-corrected chi connectivity index (χ1v) is 5.87. The Labute approximate surface area is 85.6 Å². The van der Waals surface area contributed by atoms with Crippen LogP contribution in [0.4, 0.5) is 0 Å². The lowest BCUT2D eigenvalue weighted by molar-refractivity contribution is -0.121. The Morgan fingerprint density at radius 1 is 1.29 bits per heavy atom. The zero-order valence-electron chi connectivity index (χ0n) is 8.72. The largest absolute Gasteiger partial charge is 0.353 e. The van der Waals surface area contributed by atoms with Gasteiger partial charge in [-0.3, -0.25) is 4.79 Å². The van der Waals surface area contributed by atoms with Gasteiger partial charge in [0, 0.05) is 18.5 Å². The van der Waals surface area contributed by atoms with Crippen LogP contribution in [0.15, 0.2) is 0 Å². The third-order valence-corrected chi connectivity index (χ3v) is 3.07. The Morgan fingerprint density at radius 2 is 2.14 bits per heavy atom. The number of hydrogen-bond acceptors (Lipinski definition) is 2. The van der Waals surface area contributed by atoms with Gasteiger partial charge in [0.1, 0.15) is 0 Å². The fraction of sp³-hybridized carbons (Fsp3) is 0.909. The van der Waals surface area contributed by atoms with Gasteiger partial charge < -0.3 is 10.6 Å². The van der Waals surface area contributed by atoms with Crippen molar-refractivity contribution in [3.05, 3.63) is 0 Å². The van der Waals surface area contributed by atoms with Crippen molar-refractivity contribution in [2.24, 2.45) is 0 Å². The Kier molecular flexibility index (Phi) is 3.40. The molecule has 1 amide bonds. The summed E-state index contributed by atoms with van der Waals surface area (Å²) in [5.74, 6) is 0.250. The van der Waals surface area contributed by atoms with E-state index in [9.17, 15) is 4.79 Å². The normalized spacial score (nSPS) is 27.3. The molecular weight excluding hydrogens is 176 g/mol.